The summed E-state index contributed by atoms with van der Waals surface area (Å²) in [5, 5.41) is 3.57. The minimum atomic E-state index is -4.64. The molecular weight excluding hydrogens is 355 g/mol. The third kappa shape index (κ3) is 4.67. The summed E-state index contributed by atoms with van der Waals surface area (Å²) in [7, 11) is 0. The van der Waals surface area contributed by atoms with Gasteiger partial charge in [-0.2, -0.15) is 18.3 Å². The van der Waals surface area contributed by atoms with Crippen molar-refractivity contribution in [3.05, 3.63) is 17.0 Å². The fraction of sp³-hybridized carbons (Fsp3) is 0.688. The Balaban J connectivity index is 2.32. The van der Waals surface area contributed by atoms with E-state index in [-0.39, 0.29) is 37.4 Å². The van der Waals surface area contributed by atoms with E-state index in [0.717, 1.165) is 4.68 Å². The summed E-state index contributed by atoms with van der Waals surface area (Å²) in [6.07, 6.45) is -5.29. The molecule has 146 valence electrons. The van der Waals surface area contributed by atoms with E-state index in [4.69, 9.17) is 9.47 Å². The van der Waals surface area contributed by atoms with Crippen LogP contribution >= 0.6 is 0 Å². The summed E-state index contributed by atoms with van der Waals surface area (Å²) in [4.78, 5) is 25.2. The van der Waals surface area contributed by atoms with E-state index < -0.39 is 36.1 Å². The number of fused-ring (bicyclic) bond motifs is 1. The summed E-state index contributed by atoms with van der Waals surface area (Å²) >= 11 is 0. The van der Waals surface area contributed by atoms with E-state index in [0.29, 0.717) is 0 Å². The van der Waals surface area contributed by atoms with Crippen molar-refractivity contribution < 1.29 is 32.2 Å². The lowest BCUT2D eigenvalue weighted by Crippen LogP contribution is -2.40. The van der Waals surface area contributed by atoms with Gasteiger partial charge >= 0.3 is 18.2 Å². The lowest BCUT2D eigenvalue weighted by molar-refractivity contribution is -0.146. The Hall–Kier alpha value is -2.26. The smallest absolute Gasteiger partial charge is 0.435 e. The van der Waals surface area contributed by atoms with Crippen LogP contribution in [0.4, 0.5) is 18.0 Å². The van der Waals surface area contributed by atoms with Crippen LogP contribution in [0.1, 0.15) is 44.6 Å². The second-order valence-electron chi connectivity index (χ2n) is 6.89. The van der Waals surface area contributed by atoms with Gasteiger partial charge < -0.3 is 14.4 Å². The molecule has 0 N–H and O–H groups in total. The molecule has 10 heteroatoms. The second-order valence-corrected chi connectivity index (χ2v) is 6.89. The highest BCUT2D eigenvalue weighted by molar-refractivity contribution is 5.70. The topological polar surface area (TPSA) is 73.7 Å². The molecule has 1 aromatic rings. The molecule has 2 rings (SSSR count). The van der Waals surface area contributed by atoms with Gasteiger partial charge in [0.2, 0.25) is 0 Å². The third-order valence-electron chi connectivity index (χ3n) is 3.64. The molecule has 1 aliphatic heterocycles. The predicted octanol–water partition coefficient (Wildman–Crippen LogP) is 2.76. The van der Waals surface area contributed by atoms with Gasteiger partial charge in [0.05, 0.1) is 18.8 Å². The van der Waals surface area contributed by atoms with Crippen LogP contribution in [-0.2, 0) is 40.0 Å². The van der Waals surface area contributed by atoms with Crippen LogP contribution in [0.3, 0.4) is 0 Å². The number of amides is 1. The molecule has 1 aromatic heterocycles. The van der Waals surface area contributed by atoms with Crippen molar-refractivity contribution in [3.8, 4) is 0 Å². The number of nitrogens with zero attached hydrogens (tertiary/aromatic N) is 3. The van der Waals surface area contributed by atoms with Crippen LogP contribution in [-0.4, -0.2) is 45.5 Å². The normalized spacial score (nSPS) is 14.8. The van der Waals surface area contributed by atoms with E-state index >= 15 is 0 Å². The summed E-state index contributed by atoms with van der Waals surface area (Å²) in [5.41, 5.74) is -1.58. The molecule has 2 heterocycles. The van der Waals surface area contributed by atoms with E-state index in [1.165, 1.54) is 4.90 Å². The average Bonchev–Trinajstić information content (AvgIpc) is 2.84. The molecule has 0 saturated carbocycles. The number of hydrogen-bond acceptors (Lipinski definition) is 5. The highest BCUT2D eigenvalue weighted by Crippen LogP contribution is 2.35. The van der Waals surface area contributed by atoms with Crippen LogP contribution in [0.15, 0.2) is 0 Å². The highest BCUT2D eigenvalue weighted by Gasteiger charge is 2.41. The van der Waals surface area contributed by atoms with Gasteiger partial charge in [-0.15, -0.1) is 0 Å². The van der Waals surface area contributed by atoms with E-state index in [1.54, 1.807) is 27.7 Å². The highest BCUT2D eigenvalue weighted by atomic mass is 19.4. The largest absolute Gasteiger partial charge is 0.465 e. The lowest BCUT2D eigenvalue weighted by atomic mass is 10.0. The third-order valence-corrected chi connectivity index (χ3v) is 3.64. The summed E-state index contributed by atoms with van der Waals surface area (Å²) in [6, 6.07) is 0. The number of ether oxygens (including phenoxy) is 2. The van der Waals surface area contributed by atoms with Gasteiger partial charge in [0.1, 0.15) is 12.1 Å². The van der Waals surface area contributed by atoms with Gasteiger partial charge in [0, 0.05) is 12.1 Å². The molecule has 0 radical (unpaired) electrons. The monoisotopic (exact) mass is 377 g/mol. The summed E-state index contributed by atoms with van der Waals surface area (Å²) < 4.78 is 50.8. The van der Waals surface area contributed by atoms with Crippen molar-refractivity contribution >= 4 is 12.1 Å². The van der Waals surface area contributed by atoms with Crippen LogP contribution in [0, 0.1) is 0 Å². The molecule has 26 heavy (non-hydrogen) atoms. The molecule has 0 fully saturated rings. The van der Waals surface area contributed by atoms with Gasteiger partial charge in [0.15, 0.2) is 5.69 Å². The Labute approximate surface area is 149 Å². The minimum absolute atomic E-state index is 0.00149. The molecule has 0 aliphatic carbocycles. The van der Waals surface area contributed by atoms with Crippen molar-refractivity contribution in [2.45, 2.75) is 59.0 Å². The molecule has 0 spiro atoms. The molecule has 0 aromatic carbocycles. The number of carbonyl (C=O) groups excluding carboxylic acids is 2. The summed E-state index contributed by atoms with van der Waals surface area (Å²) in [6.45, 7) is 6.32. The van der Waals surface area contributed by atoms with E-state index in [1.807, 2.05) is 0 Å². The number of halogens is 3. The first-order chi connectivity index (χ1) is 11.9. The first-order valence-electron chi connectivity index (χ1n) is 8.21. The fourth-order valence-electron chi connectivity index (χ4n) is 2.65. The second kappa shape index (κ2) is 7.16. The molecule has 1 amide bonds. The molecule has 1 aliphatic rings. The SMILES string of the molecule is CCOC(=O)Cn1nc(C(F)(F)F)c2c1CN(C(=O)OC(C)(C)C)CC2. The number of rotatable bonds is 3. The standard InChI is InChI=1S/C16H22F3N3O4/c1-5-25-12(23)9-22-11-8-21(14(24)26-15(2,3)4)7-6-10(11)13(20-22)16(17,18)19/h5-9H2,1-4H3. The maximum atomic E-state index is 13.3. The first-order valence-corrected chi connectivity index (χ1v) is 8.21. The van der Waals surface area contributed by atoms with Crippen LogP contribution in [0.2, 0.25) is 0 Å². The molecule has 7 nitrogen and oxygen atoms in total. The molecule has 0 unspecified atom stereocenters. The van der Waals surface area contributed by atoms with E-state index in [2.05, 4.69) is 5.10 Å². The Morgan fingerprint density at radius 2 is 1.88 bits per heavy atom. The van der Waals surface area contributed by atoms with Crippen LogP contribution in [0.5, 0.6) is 0 Å². The van der Waals surface area contributed by atoms with Crippen molar-refractivity contribution in [2.75, 3.05) is 13.2 Å². The predicted molar refractivity (Wildman–Crippen MR) is 84.2 cm³/mol. The number of alkyl halides is 3. The number of esters is 1. The Bertz CT molecular complexity index is 692. The van der Waals surface area contributed by atoms with Crippen molar-refractivity contribution in [2.24, 2.45) is 0 Å². The summed E-state index contributed by atoms with van der Waals surface area (Å²) in [5.74, 6) is -0.694. The first kappa shape index (κ1) is 20.1. The average molecular weight is 377 g/mol. The van der Waals surface area contributed by atoms with Gasteiger partial charge in [-0.25, -0.2) is 4.79 Å². The number of aromatic nitrogens is 2. The minimum Gasteiger partial charge on any atom is -0.465 e. The van der Waals surface area contributed by atoms with E-state index in [9.17, 15) is 22.8 Å². The van der Waals surface area contributed by atoms with Gasteiger partial charge in [-0.3, -0.25) is 9.48 Å². The van der Waals surface area contributed by atoms with Gasteiger partial charge in [-0.1, -0.05) is 0 Å². The lowest BCUT2D eigenvalue weighted by Gasteiger charge is -2.30. The maximum absolute atomic E-state index is 13.3. The van der Waals surface area contributed by atoms with Crippen molar-refractivity contribution in [1.29, 1.82) is 0 Å². The van der Waals surface area contributed by atoms with Crippen LogP contribution in [0.25, 0.3) is 0 Å². The van der Waals surface area contributed by atoms with Gasteiger partial charge in [-0.05, 0) is 34.1 Å². The molecular formula is C16H22F3N3O4. The molecule has 0 saturated heterocycles. The fourth-order valence-corrected chi connectivity index (χ4v) is 2.65. The Kier molecular flexibility index (Phi) is 5.52. The number of hydrogen-bond donors (Lipinski definition) is 0. The van der Waals surface area contributed by atoms with Crippen LogP contribution < -0.4 is 0 Å². The van der Waals surface area contributed by atoms with Crippen molar-refractivity contribution in [1.82, 2.24) is 14.7 Å². The zero-order valence-electron chi connectivity index (χ0n) is 15.1. The Morgan fingerprint density at radius 3 is 2.42 bits per heavy atom. The zero-order valence-corrected chi connectivity index (χ0v) is 15.1. The maximum Gasteiger partial charge on any atom is 0.435 e. The molecule has 0 bridgehead atoms. The van der Waals surface area contributed by atoms with Crippen molar-refractivity contribution in [3.63, 3.8) is 0 Å². The Morgan fingerprint density at radius 1 is 1.23 bits per heavy atom. The number of carbonyl (C=O) groups is 2. The zero-order chi connectivity index (χ0) is 19.7. The molecule has 0 atom stereocenters. The quantitative estimate of drug-likeness (QED) is 0.758. The van der Waals surface area contributed by atoms with Gasteiger partial charge in [0.25, 0.3) is 0 Å².